The largest absolute Gasteiger partial charge is 0.464 e. The molecule has 0 aromatic carbocycles. The molecule has 0 aliphatic carbocycles. The predicted octanol–water partition coefficient (Wildman–Crippen LogP) is 2.20. The summed E-state index contributed by atoms with van der Waals surface area (Å²) in [6.07, 6.45) is 7.75. The molecular weight excluding hydrogens is 246 g/mol. The molecule has 0 N–H and O–H groups in total. The molecule has 0 aliphatic rings. The van der Waals surface area contributed by atoms with Gasteiger partial charge in [-0.3, -0.25) is 4.90 Å². The van der Waals surface area contributed by atoms with Gasteiger partial charge in [-0.05, 0) is 13.3 Å². The Morgan fingerprint density at radius 1 is 1.26 bits per heavy atom. The number of hydrogen-bond acceptors (Lipinski definition) is 4. The second kappa shape index (κ2) is 10.2. The molecule has 0 radical (unpaired) electrons. The molecule has 0 fully saturated rings. The van der Waals surface area contributed by atoms with Crippen molar-refractivity contribution in [2.24, 2.45) is 0 Å². The maximum Gasteiger partial charge on any atom is 0.410 e. The number of rotatable bonds is 8. The van der Waals surface area contributed by atoms with Gasteiger partial charge in [0.15, 0.2) is 0 Å². The average Bonchev–Trinajstić information content (AvgIpc) is 2.41. The van der Waals surface area contributed by atoms with E-state index in [2.05, 4.69) is 12.8 Å². The lowest BCUT2D eigenvalue weighted by Crippen LogP contribution is -2.41. The first-order valence-corrected chi connectivity index (χ1v) is 6.54. The SMILES string of the molecule is C#CCCOC(=O)N(C)C(C)C(=O)OCCCCC. The summed E-state index contributed by atoms with van der Waals surface area (Å²) in [6, 6.07) is -0.667. The molecule has 0 rings (SSSR count). The Kier molecular flexibility index (Phi) is 9.33. The molecule has 0 heterocycles. The lowest BCUT2D eigenvalue weighted by atomic mass is 10.2. The van der Waals surface area contributed by atoms with Crippen molar-refractivity contribution in [3.8, 4) is 12.3 Å². The summed E-state index contributed by atoms with van der Waals surface area (Å²) in [6.45, 7) is 4.21. The molecule has 0 aliphatic heterocycles. The summed E-state index contributed by atoms with van der Waals surface area (Å²) >= 11 is 0. The monoisotopic (exact) mass is 269 g/mol. The summed E-state index contributed by atoms with van der Waals surface area (Å²) in [7, 11) is 1.50. The van der Waals surface area contributed by atoms with Gasteiger partial charge >= 0.3 is 12.1 Å². The van der Waals surface area contributed by atoms with E-state index in [0.29, 0.717) is 13.0 Å². The van der Waals surface area contributed by atoms with Crippen molar-refractivity contribution in [3.05, 3.63) is 0 Å². The van der Waals surface area contributed by atoms with Crippen molar-refractivity contribution in [1.82, 2.24) is 4.90 Å². The molecule has 5 heteroatoms. The maximum atomic E-state index is 11.7. The lowest BCUT2D eigenvalue weighted by molar-refractivity contribution is -0.148. The van der Waals surface area contributed by atoms with Crippen LogP contribution in [0, 0.1) is 12.3 Å². The van der Waals surface area contributed by atoms with Crippen molar-refractivity contribution < 1.29 is 19.1 Å². The fourth-order valence-electron chi connectivity index (χ4n) is 1.26. The first-order valence-electron chi connectivity index (χ1n) is 6.54. The Morgan fingerprint density at radius 2 is 1.95 bits per heavy atom. The van der Waals surface area contributed by atoms with E-state index in [1.54, 1.807) is 6.92 Å². The summed E-state index contributed by atoms with van der Waals surface area (Å²) < 4.78 is 9.98. The van der Waals surface area contributed by atoms with Crippen LogP contribution in [0.15, 0.2) is 0 Å². The smallest absolute Gasteiger partial charge is 0.410 e. The Bertz CT molecular complexity index is 322. The second-order valence-electron chi connectivity index (χ2n) is 4.23. The van der Waals surface area contributed by atoms with Crippen LogP contribution < -0.4 is 0 Å². The van der Waals surface area contributed by atoms with Crippen molar-refractivity contribution in [1.29, 1.82) is 0 Å². The van der Waals surface area contributed by atoms with Crippen LogP contribution in [0.5, 0.6) is 0 Å². The van der Waals surface area contributed by atoms with Crippen LogP contribution in [0.25, 0.3) is 0 Å². The van der Waals surface area contributed by atoms with Crippen molar-refractivity contribution in [2.45, 2.75) is 45.6 Å². The summed E-state index contributed by atoms with van der Waals surface area (Å²) in [5.74, 6) is 1.94. The minimum Gasteiger partial charge on any atom is -0.464 e. The molecule has 0 bridgehead atoms. The molecule has 1 amide bonds. The van der Waals surface area contributed by atoms with E-state index in [-0.39, 0.29) is 6.61 Å². The second-order valence-corrected chi connectivity index (χ2v) is 4.23. The third-order valence-electron chi connectivity index (χ3n) is 2.67. The number of terminal acetylenes is 1. The highest BCUT2D eigenvalue weighted by Crippen LogP contribution is 2.03. The normalized spacial score (nSPS) is 11.3. The van der Waals surface area contributed by atoms with E-state index < -0.39 is 18.1 Å². The Balaban J connectivity index is 4.02. The van der Waals surface area contributed by atoms with Gasteiger partial charge in [0.25, 0.3) is 0 Å². The molecule has 0 aromatic heterocycles. The van der Waals surface area contributed by atoms with Gasteiger partial charge in [-0.15, -0.1) is 12.3 Å². The van der Waals surface area contributed by atoms with Gasteiger partial charge in [0, 0.05) is 13.5 Å². The number of nitrogens with zero attached hydrogens (tertiary/aromatic N) is 1. The molecule has 5 nitrogen and oxygen atoms in total. The fourth-order valence-corrected chi connectivity index (χ4v) is 1.26. The fraction of sp³-hybridized carbons (Fsp3) is 0.714. The number of carbonyl (C=O) groups is 2. The zero-order valence-electron chi connectivity index (χ0n) is 12.0. The average molecular weight is 269 g/mol. The maximum absolute atomic E-state index is 11.7. The van der Waals surface area contributed by atoms with Crippen LogP contribution in [0.2, 0.25) is 0 Å². The van der Waals surface area contributed by atoms with Gasteiger partial charge in [0.05, 0.1) is 6.61 Å². The number of unbranched alkanes of at least 4 members (excludes halogenated alkanes) is 2. The highest BCUT2D eigenvalue weighted by atomic mass is 16.6. The molecule has 0 spiro atoms. The van der Waals surface area contributed by atoms with Crippen LogP contribution in [0.3, 0.4) is 0 Å². The molecule has 19 heavy (non-hydrogen) atoms. The van der Waals surface area contributed by atoms with Gasteiger partial charge in [0.1, 0.15) is 12.6 Å². The molecular formula is C14H23NO4. The van der Waals surface area contributed by atoms with Crippen molar-refractivity contribution in [2.75, 3.05) is 20.3 Å². The summed E-state index contributed by atoms with van der Waals surface area (Å²) in [5, 5.41) is 0. The van der Waals surface area contributed by atoms with E-state index >= 15 is 0 Å². The first-order chi connectivity index (χ1) is 9.04. The van der Waals surface area contributed by atoms with E-state index in [4.69, 9.17) is 15.9 Å². The molecule has 1 unspecified atom stereocenters. The minimum atomic E-state index is -0.667. The third-order valence-corrected chi connectivity index (χ3v) is 2.67. The lowest BCUT2D eigenvalue weighted by Gasteiger charge is -2.22. The number of hydrogen-bond donors (Lipinski definition) is 0. The van der Waals surface area contributed by atoms with Gasteiger partial charge in [-0.25, -0.2) is 9.59 Å². The summed E-state index contributed by atoms with van der Waals surface area (Å²) in [5.41, 5.74) is 0. The van der Waals surface area contributed by atoms with Crippen LogP contribution in [-0.4, -0.2) is 43.3 Å². The zero-order valence-corrected chi connectivity index (χ0v) is 12.0. The van der Waals surface area contributed by atoms with E-state index in [1.165, 1.54) is 11.9 Å². The van der Waals surface area contributed by atoms with E-state index in [1.807, 2.05) is 0 Å². The Morgan fingerprint density at radius 3 is 2.53 bits per heavy atom. The molecule has 0 saturated carbocycles. The van der Waals surface area contributed by atoms with Crippen LogP contribution in [0.1, 0.15) is 39.5 Å². The molecule has 0 aromatic rings. The van der Waals surface area contributed by atoms with Crippen LogP contribution >= 0.6 is 0 Å². The number of amides is 1. The van der Waals surface area contributed by atoms with Crippen molar-refractivity contribution in [3.63, 3.8) is 0 Å². The van der Waals surface area contributed by atoms with Crippen LogP contribution in [0.4, 0.5) is 4.79 Å². The van der Waals surface area contributed by atoms with Gasteiger partial charge in [0.2, 0.25) is 0 Å². The zero-order chi connectivity index (χ0) is 14.7. The molecule has 108 valence electrons. The first kappa shape index (κ1) is 17.3. The van der Waals surface area contributed by atoms with Crippen molar-refractivity contribution >= 4 is 12.1 Å². The molecule has 0 saturated heterocycles. The van der Waals surface area contributed by atoms with Gasteiger partial charge in [-0.1, -0.05) is 19.8 Å². The summed E-state index contributed by atoms with van der Waals surface area (Å²) in [4.78, 5) is 24.5. The Labute approximate surface area is 115 Å². The number of carbonyl (C=O) groups excluding carboxylic acids is 2. The van der Waals surface area contributed by atoms with Gasteiger partial charge in [-0.2, -0.15) is 0 Å². The van der Waals surface area contributed by atoms with Crippen LogP contribution in [-0.2, 0) is 14.3 Å². The Hall–Kier alpha value is -1.70. The van der Waals surface area contributed by atoms with E-state index in [0.717, 1.165) is 19.3 Å². The number of likely N-dealkylation sites (N-methyl/N-ethyl adjacent to an activating group) is 1. The van der Waals surface area contributed by atoms with Gasteiger partial charge < -0.3 is 9.47 Å². The standard InChI is InChI=1S/C14H23NO4/c1-5-7-9-11-18-13(16)12(3)15(4)14(17)19-10-8-6-2/h2,12H,5,7-11H2,1,3-4H3. The molecule has 1 atom stereocenters. The third kappa shape index (κ3) is 7.35. The quantitative estimate of drug-likeness (QED) is 0.385. The van der Waals surface area contributed by atoms with E-state index in [9.17, 15) is 9.59 Å². The highest BCUT2D eigenvalue weighted by molar-refractivity contribution is 5.80. The number of esters is 1. The minimum absolute atomic E-state index is 0.151. The predicted molar refractivity (Wildman–Crippen MR) is 72.5 cm³/mol. The number of ether oxygens (including phenoxy) is 2. The highest BCUT2D eigenvalue weighted by Gasteiger charge is 2.24. The topological polar surface area (TPSA) is 55.8 Å².